The van der Waals surface area contributed by atoms with E-state index in [4.69, 9.17) is 27.0 Å². The highest BCUT2D eigenvalue weighted by atomic mass is 32.1. The monoisotopic (exact) mass is 1490 g/mol. The minimum atomic E-state index is -0.864. The van der Waals surface area contributed by atoms with Crippen LogP contribution in [0.25, 0.3) is 72.9 Å². The second-order valence-corrected chi connectivity index (χ2v) is 36.4. The van der Waals surface area contributed by atoms with Gasteiger partial charge in [0.05, 0.1) is 54.1 Å². The summed E-state index contributed by atoms with van der Waals surface area (Å²) in [5, 5.41) is 0. The molecule has 0 spiro atoms. The predicted molar refractivity (Wildman–Crippen MR) is 439 cm³/mol. The van der Waals surface area contributed by atoms with Crippen LogP contribution >= 0.6 is 68.8 Å². The van der Waals surface area contributed by atoms with Gasteiger partial charge < -0.3 is 9.47 Å². The molecular weight excluding hydrogens is 1360 g/mol. The minimum absolute atomic E-state index is 0.200. The molecule has 14 heteroatoms. The predicted octanol–water partition coefficient (Wildman–Crippen LogP) is 32.3. The van der Waals surface area contributed by atoms with E-state index in [0.717, 1.165) is 139 Å². The van der Waals surface area contributed by atoms with E-state index in [9.17, 15) is 0 Å². The van der Waals surface area contributed by atoms with Crippen molar-refractivity contribution in [2.45, 2.75) is 380 Å². The van der Waals surface area contributed by atoms with Gasteiger partial charge in [-0.05, 0) is 89.1 Å². The maximum Gasteiger partial charge on any atom is 0.170 e. The van der Waals surface area contributed by atoms with Crippen LogP contribution in [0.4, 0.5) is 8.78 Å². The molecule has 0 fully saturated rings. The van der Waals surface area contributed by atoms with E-state index in [1.165, 1.54) is 286 Å². The largest absolute Gasteiger partial charge is 0.481 e. The van der Waals surface area contributed by atoms with Crippen molar-refractivity contribution >= 4 is 90.9 Å². The fraction of sp³-hybridized carbons (Fsp3) is 0.678. The van der Waals surface area contributed by atoms with E-state index in [1.807, 2.05) is 0 Å². The molecular formula is C87H126F2N4O2S6. The molecule has 6 nitrogen and oxygen atoms in total. The van der Waals surface area contributed by atoms with Gasteiger partial charge in [-0.1, -0.05) is 322 Å². The van der Waals surface area contributed by atoms with Crippen molar-refractivity contribution in [3.05, 3.63) is 69.6 Å². The van der Waals surface area contributed by atoms with Crippen LogP contribution in [-0.2, 0) is 11.2 Å². The molecule has 556 valence electrons. The summed E-state index contributed by atoms with van der Waals surface area (Å²) < 4.78 is 70.3. The Kier molecular flexibility index (Phi) is 33.7. The van der Waals surface area contributed by atoms with Crippen LogP contribution in [0.3, 0.4) is 0 Å². The Bertz CT molecular complexity index is 3660. The van der Waals surface area contributed by atoms with E-state index in [-0.39, 0.29) is 11.1 Å². The number of nitrogens with zero attached hydrogens (tertiary/aromatic N) is 4. The normalized spacial score (nSPS) is 14.7. The highest BCUT2D eigenvalue weighted by Crippen LogP contribution is 2.61. The van der Waals surface area contributed by atoms with Crippen LogP contribution in [0.5, 0.6) is 11.5 Å². The first-order valence-electron chi connectivity index (χ1n) is 41.4. The minimum Gasteiger partial charge on any atom is -0.481 e. The van der Waals surface area contributed by atoms with E-state index in [0.29, 0.717) is 20.8 Å². The van der Waals surface area contributed by atoms with Gasteiger partial charge in [0.1, 0.15) is 44.8 Å². The molecule has 2 aliphatic heterocycles. The maximum absolute atomic E-state index is 18.1. The molecule has 6 aromatic heterocycles. The summed E-state index contributed by atoms with van der Waals surface area (Å²) in [5.74, 6) is 0.0537. The van der Waals surface area contributed by atoms with E-state index in [2.05, 4.69) is 77.9 Å². The standard InChI is InChI=1S/C87H126F2N4O2S6/c1-7-10-13-16-19-22-25-28-31-34-37-40-43-46-49-52-57-86(6)67-61-72(98-82(67)84-69(94-86)60-65(5)96-84)74-76(88)77(89)75(81-80(74)92-101-93-81)73-62-68-83(99-73)85-70(63-71(97-85)66-56-55-64(4)78-79(66)91-100-90-78)95-87(68,58-53-50-47-44-41-38-35-32-29-26-23-20-17-14-11-8-2)59-54-51-48-45-42-39-36-33-30-27-24-21-18-15-12-9-3/h55-56,60-63H,7-54,57-59H2,1-6H3. The van der Waals surface area contributed by atoms with Crippen LogP contribution in [0, 0.1) is 25.5 Å². The Hall–Kier alpha value is -3.66. The molecule has 10 rings (SSSR count). The summed E-state index contributed by atoms with van der Waals surface area (Å²) in [6.45, 7) is 13.3. The summed E-state index contributed by atoms with van der Waals surface area (Å²) in [6, 6.07) is 13.0. The first kappa shape index (κ1) is 79.9. The zero-order chi connectivity index (χ0) is 70.5. The molecule has 0 amide bonds. The Morgan fingerprint density at radius 1 is 0.337 bits per heavy atom. The van der Waals surface area contributed by atoms with Gasteiger partial charge in [0.2, 0.25) is 0 Å². The summed E-state index contributed by atoms with van der Waals surface area (Å²) in [5.41, 5.74) is 6.17. The number of benzene rings is 2. The molecule has 8 heterocycles. The van der Waals surface area contributed by atoms with Crippen molar-refractivity contribution in [3.63, 3.8) is 0 Å². The van der Waals surface area contributed by atoms with Gasteiger partial charge in [-0.2, -0.15) is 17.5 Å². The fourth-order valence-corrected chi connectivity index (χ4v) is 22.5. The quantitative estimate of drug-likeness (QED) is 0.0354. The molecule has 2 aromatic carbocycles. The van der Waals surface area contributed by atoms with Gasteiger partial charge >= 0.3 is 0 Å². The number of aryl methyl sites for hydroxylation is 2. The summed E-state index contributed by atoms with van der Waals surface area (Å²) in [4.78, 5) is 7.91. The van der Waals surface area contributed by atoms with Gasteiger partial charge in [0, 0.05) is 36.2 Å². The lowest BCUT2D eigenvalue weighted by Crippen LogP contribution is -2.35. The zero-order valence-electron chi connectivity index (χ0n) is 63.3. The molecule has 0 saturated heterocycles. The molecule has 0 N–H and O–H groups in total. The van der Waals surface area contributed by atoms with E-state index >= 15 is 8.78 Å². The molecule has 1 unspecified atom stereocenters. The number of hydrogen-bond donors (Lipinski definition) is 0. The summed E-state index contributed by atoms with van der Waals surface area (Å²) in [7, 11) is 0. The van der Waals surface area contributed by atoms with Crippen LogP contribution < -0.4 is 9.47 Å². The van der Waals surface area contributed by atoms with Gasteiger partial charge in [-0.3, -0.25) is 0 Å². The van der Waals surface area contributed by atoms with Crippen molar-refractivity contribution in [1.82, 2.24) is 17.5 Å². The third kappa shape index (κ3) is 22.2. The number of fused-ring (bicyclic) bond motifs is 8. The number of rotatable bonds is 54. The average molecular weight is 1490 g/mol. The van der Waals surface area contributed by atoms with Crippen LogP contribution in [0.1, 0.15) is 377 Å². The number of unbranched alkanes of at least 4 members (excludes halogenated alkanes) is 45. The Labute approximate surface area is 633 Å². The molecule has 1 atom stereocenters. The fourth-order valence-electron chi connectivity index (χ4n) is 16.3. The van der Waals surface area contributed by atoms with Crippen LogP contribution in [0.15, 0.2) is 36.4 Å². The molecule has 0 bridgehead atoms. The number of halogens is 2. The molecule has 8 aromatic rings. The zero-order valence-corrected chi connectivity index (χ0v) is 68.2. The molecule has 101 heavy (non-hydrogen) atoms. The highest BCUT2D eigenvalue weighted by Gasteiger charge is 2.45. The van der Waals surface area contributed by atoms with Gasteiger partial charge in [-0.25, -0.2) is 8.78 Å². The van der Waals surface area contributed by atoms with Gasteiger partial charge in [0.25, 0.3) is 0 Å². The van der Waals surface area contributed by atoms with Crippen molar-refractivity contribution in [3.8, 4) is 62.3 Å². The van der Waals surface area contributed by atoms with Crippen molar-refractivity contribution in [2.75, 3.05) is 0 Å². The Morgan fingerprint density at radius 2 is 0.673 bits per heavy atom. The smallest absolute Gasteiger partial charge is 0.170 e. The lowest BCUT2D eigenvalue weighted by Gasteiger charge is -2.38. The second kappa shape index (κ2) is 42.6. The first-order valence-corrected chi connectivity index (χ1v) is 46.1. The SMILES string of the molecule is CCCCCCCCCCCCCCCCCCC1(C)Oc2cc(C)sc2-c2sc(-c3c(F)c(F)c(-c4cc5c(s4)-c4sc(-c6ccc(C)c7nsnc67)cc4OC5(CCCCCCCCCCCCCCCCCC)CCCCCCCCCCCCCCCCCC)c4nsnc34)cc21. The maximum atomic E-state index is 18.1. The van der Waals surface area contributed by atoms with Crippen LogP contribution in [0.2, 0.25) is 0 Å². The van der Waals surface area contributed by atoms with E-state index in [1.54, 1.807) is 45.3 Å². The molecule has 0 saturated carbocycles. The van der Waals surface area contributed by atoms with Crippen molar-refractivity contribution < 1.29 is 18.3 Å². The molecule has 0 aliphatic carbocycles. The van der Waals surface area contributed by atoms with Crippen molar-refractivity contribution in [1.29, 1.82) is 0 Å². The Morgan fingerprint density at radius 3 is 1.10 bits per heavy atom. The Balaban J connectivity index is 0.868. The van der Waals surface area contributed by atoms with Crippen molar-refractivity contribution in [2.24, 2.45) is 0 Å². The van der Waals surface area contributed by atoms with Crippen LogP contribution in [-0.4, -0.2) is 17.5 Å². The van der Waals surface area contributed by atoms with Gasteiger partial charge in [-0.15, -0.1) is 45.3 Å². The topological polar surface area (TPSA) is 70.0 Å². The second-order valence-electron chi connectivity index (χ2n) is 30.9. The highest BCUT2D eigenvalue weighted by molar-refractivity contribution is 7.26. The third-order valence-corrected chi connectivity index (χ3v) is 28.3. The van der Waals surface area contributed by atoms with E-state index < -0.39 is 22.8 Å². The van der Waals surface area contributed by atoms with Gasteiger partial charge in [0.15, 0.2) is 11.6 Å². The molecule has 2 aliphatic rings. The average Bonchev–Trinajstić information content (AvgIpc) is 1.57. The number of thiophene rings is 4. The molecule has 0 radical (unpaired) electrons. The first-order chi connectivity index (χ1) is 49.6. The lowest BCUT2D eigenvalue weighted by atomic mass is 9.81. The summed E-state index contributed by atoms with van der Waals surface area (Å²) >= 11 is 8.88. The number of ether oxygens (including phenoxy) is 2. The third-order valence-electron chi connectivity index (χ3n) is 22.4. The lowest BCUT2D eigenvalue weighted by molar-refractivity contribution is 0.0398. The number of hydrogen-bond acceptors (Lipinski definition) is 12. The summed E-state index contributed by atoms with van der Waals surface area (Å²) in [6.07, 6.45) is 66.0. The number of aromatic nitrogens is 4.